The number of hydrogen-bond donors (Lipinski definition) is 0. The van der Waals surface area contributed by atoms with Crippen LogP contribution in [0.2, 0.25) is 0 Å². The average Bonchev–Trinajstić information content (AvgIpc) is 3.21. The van der Waals surface area contributed by atoms with Gasteiger partial charge in [-0.05, 0) is 69.1 Å². The molecule has 1 aromatic carbocycles. The van der Waals surface area contributed by atoms with E-state index in [1.165, 1.54) is 38.1 Å². The first-order valence-electron chi connectivity index (χ1n) is 10.5. The first kappa shape index (κ1) is 20.7. The second-order valence-electron chi connectivity index (χ2n) is 8.01. The highest BCUT2D eigenvalue weighted by molar-refractivity contribution is 7.99. The highest BCUT2D eigenvalue weighted by atomic mass is 32.2. The lowest BCUT2D eigenvalue weighted by molar-refractivity contribution is 0.197. The van der Waals surface area contributed by atoms with Gasteiger partial charge in [-0.25, -0.2) is 18.7 Å². The summed E-state index contributed by atoms with van der Waals surface area (Å²) in [6.07, 6.45) is 6.64. The van der Waals surface area contributed by atoms with Crippen molar-refractivity contribution in [1.29, 1.82) is 0 Å². The fourth-order valence-electron chi connectivity index (χ4n) is 4.32. The lowest BCUT2D eigenvalue weighted by Gasteiger charge is -2.32. The summed E-state index contributed by atoms with van der Waals surface area (Å²) >= 11 is 1.73. The first-order valence-corrected chi connectivity index (χ1v) is 11.5. The van der Waals surface area contributed by atoms with Gasteiger partial charge in [0.15, 0.2) is 5.16 Å². The minimum atomic E-state index is -0.514. The average molecular weight is 419 g/mol. The smallest absolute Gasteiger partial charge is 0.187 e. The molecule has 0 aliphatic carbocycles. The zero-order valence-corrected chi connectivity index (χ0v) is 17.5. The van der Waals surface area contributed by atoms with E-state index in [1.54, 1.807) is 11.8 Å². The van der Waals surface area contributed by atoms with Gasteiger partial charge < -0.3 is 4.90 Å². The summed E-state index contributed by atoms with van der Waals surface area (Å²) in [6, 6.07) is 5.78. The summed E-state index contributed by atoms with van der Waals surface area (Å²) in [4.78, 5) is 14.0. The van der Waals surface area contributed by atoms with Gasteiger partial charge >= 0.3 is 0 Å². The Hall–Kier alpha value is -1.57. The zero-order valence-electron chi connectivity index (χ0n) is 16.7. The summed E-state index contributed by atoms with van der Waals surface area (Å²) in [6.45, 7) is 5.89. The molecule has 0 amide bonds. The highest BCUT2D eigenvalue weighted by Crippen LogP contribution is 2.28. The minimum absolute atomic E-state index is 0.336. The van der Waals surface area contributed by atoms with Gasteiger partial charge in [-0.2, -0.15) is 0 Å². The van der Waals surface area contributed by atoms with Crippen LogP contribution >= 0.6 is 11.8 Å². The molecule has 2 aliphatic rings. The number of likely N-dealkylation sites (tertiary alicyclic amines) is 2. The van der Waals surface area contributed by atoms with Crippen molar-refractivity contribution in [2.45, 2.75) is 43.3 Å². The maximum absolute atomic E-state index is 13.5. The molecule has 3 heterocycles. The van der Waals surface area contributed by atoms with E-state index in [4.69, 9.17) is 4.98 Å². The van der Waals surface area contributed by atoms with Crippen LogP contribution < -0.4 is 0 Å². The number of hydrogen-bond acceptors (Lipinski definition) is 5. The predicted molar refractivity (Wildman–Crippen MR) is 112 cm³/mol. The van der Waals surface area contributed by atoms with Gasteiger partial charge in [-0.3, -0.25) is 4.90 Å². The summed E-state index contributed by atoms with van der Waals surface area (Å²) in [5.41, 5.74) is 1.77. The number of halogens is 2. The molecule has 1 unspecified atom stereocenters. The molecule has 2 aliphatic heterocycles. The zero-order chi connectivity index (χ0) is 20.1. The lowest BCUT2D eigenvalue weighted by atomic mass is 9.94. The molecule has 1 atom stereocenters. The number of rotatable bonds is 7. The molecule has 2 saturated heterocycles. The Morgan fingerprint density at radius 3 is 2.55 bits per heavy atom. The van der Waals surface area contributed by atoms with E-state index in [0.29, 0.717) is 18.0 Å². The van der Waals surface area contributed by atoms with E-state index in [0.717, 1.165) is 55.1 Å². The molecule has 7 heteroatoms. The lowest BCUT2D eigenvalue weighted by Crippen LogP contribution is -2.34. The van der Waals surface area contributed by atoms with E-state index < -0.39 is 11.6 Å². The predicted octanol–water partition coefficient (Wildman–Crippen LogP) is 4.32. The van der Waals surface area contributed by atoms with Crippen LogP contribution in [-0.4, -0.2) is 58.2 Å². The maximum atomic E-state index is 13.5. The van der Waals surface area contributed by atoms with Crippen LogP contribution in [0.15, 0.2) is 35.6 Å². The van der Waals surface area contributed by atoms with Gasteiger partial charge in [0.05, 0.1) is 0 Å². The van der Waals surface area contributed by atoms with Crippen molar-refractivity contribution in [3.8, 4) is 0 Å². The van der Waals surface area contributed by atoms with Crippen LogP contribution in [0.25, 0.3) is 0 Å². The molecule has 2 aromatic rings. The van der Waals surface area contributed by atoms with Crippen molar-refractivity contribution < 1.29 is 8.78 Å². The molecular formula is C22H28F2N4S. The van der Waals surface area contributed by atoms with Crippen molar-refractivity contribution >= 4 is 11.8 Å². The van der Waals surface area contributed by atoms with E-state index in [9.17, 15) is 8.78 Å². The van der Waals surface area contributed by atoms with Crippen molar-refractivity contribution in [1.82, 2.24) is 19.8 Å². The topological polar surface area (TPSA) is 32.3 Å². The molecule has 4 nitrogen and oxygen atoms in total. The van der Waals surface area contributed by atoms with Gasteiger partial charge in [-0.1, -0.05) is 11.8 Å². The number of thioether (sulfide) groups is 1. The Kier molecular flexibility index (Phi) is 7.11. The molecule has 0 bridgehead atoms. The second-order valence-corrected chi connectivity index (χ2v) is 9.08. The number of nitrogens with zero attached hydrogens (tertiary/aromatic N) is 4. The van der Waals surface area contributed by atoms with Crippen LogP contribution in [-0.2, 0) is 6.54 Å². The van der Waals surface area contributed by atoms with Gasteiger partial charge in [0, 0.05) is 49.3 Å². The monoisotopic (exact) mass is 418 g/mol. The molecule has 156 valence electrons. The minimum Gasteiger partial charge on any atom is -0.303 e. The van der Waals surface area contributed by atoms with Gasteiger partial charge in [0.25, 0.3) is 0 Å². The Balaban J connectivity index is 1.33. The third-order valence-electron chi connectivity index (χ3n) is 5.74. The molecule has 0 N–H and O–H groups in total. The SMILES string of the molecule is Fc1cc(F)cc(CN2CCCC(c3ccnc(SCCN4CCCC4)n3)C2)c1. The van der Waals surface area contributed by atoms with Crippen molar-refractivity contribution in [3.05, 3.63) is 53.4 Å². The molecule has 1 aromatic heterocycles. The van der Waals surface area contributed by atoms with Crippen LogP contribution in [0.1, 0.15) is 42.9 Å². The maximum Gasteiger partial charge on any atom is 0.187 e. The number of aromatic nitrogens is 2. The standard InChI is InChI=1S/C22H28F2N4S/c23-19-12-17(13-20(24)14-19)15-28-9-3-4-18(16-28)21-5-6-25-22(26-21)29-11-10-27-7-1-2-8-27/h5-6,12-14,18H,1-4,7-11,15-16H2. The second kappa shape index (κ2) is 9.96. The van der Waals surface area contributed by atoms with Crippen LogP contribution in [0, 0.1) is 11.6 Å². The summed E-state index contributed by atoms with van der Waals surface area (Å²) in [5.74, 6) is 0.328. The quantitative estimate of drug-likeness (QED) is 0.494. The van der Waals surface area contributed by atoms with E-state index in [-0.39, 0.29) is 0 Å². The molecule has 0 radical (unpaired) electrons. The fourth-order valence-corrected chi connectivity index (χ4v) is 5.16. The highest BCUT2D eigenvalue weighted by Gasteiger charge is 2.23. The van der Waals surface area contributed by atoms with Crippen molar-refractivity contribution in [3.63, 3.8) is 0 Å². The first-order chi connectivity index (χ1) is 14.2. The normalized spacial score (nSPS) is 21.0. The Labute approximate surface area is 175 Å². The van der Waals surface area contributed by atoms with Crippen LogP contribution in [0.4, 0.5) is 8.78 Å². The Bertz CT molecular complexity index is 793. The summed E-state index contributed by atoms with van der Waals surface area (Å²) < 4.78 is 27.0. The molecule has 0 saturated carbocycles. The Morgan fingerprint density at radius 1 is 1.00 bits per heavy atom. The van der Waals surface area contributed by atoms with Crippen LogP contribution in [0.3, 0.4) is 0 Å². The largest absolute Gasteiger partial charge is 0.303 e. The molecular weight excluding hydrogens is 390 g/mol. The fraction of sp³-hybridized carbons (Fsp3) is 0.545. The van der Waals surface area contributed by atoms with E-state index >= 15 is 0 Å². The molecule has 4 rings (SSSR count). The van der Waals surface area contributed by atoms with Gasteiger partial charge in [0.2, 0.25) is 0 Å². The Morgan fingerprint density at radius 2 is 1.76 bits per heavy atom. The number of piperidine rings is 1. The van der Waals surface area contributed by atoms with Crippen molar-refractivity contribution in [2.24, 2.45) is 0 Å². The summed E-state index contributed by atoms with van der Waals surface area (Å²) in [5, 5.41) is 0.853. The third kappa shape index (κ3) is 5.96. The third-order valence-corrected chi connectivity index (χ3v) is 6.59. The van der Waals surface area contributed by atoms with E-state index in [1.807, 2.05) is 12.3 Å². The summed E-state index contributed by atoms with van der Waals surface area (Å²) in [7, 11) is 0. The van der Waals surface area contributed by atoms with Gasteiger partial charge in [0.1, 0.15) is 11.6 Å². The molecule has 29 heavy (non-hydrogen) atoms. The van der Waals surface area contributed by atoms with Gasteiger partial charge in [-0.15, -0.1) is 0 Å². The van der Waals surface area contributed by atoms with E-state index in [2.05, 4.69) is 14.8 Å². The number of benzene rings is 1. The molecule has 0 spiro atoms. The molecule has 2 fully saturated rings. The van der Waals surface area contributed by atoms with Crippen LogP contribution in [0.5, 0.6) is 0 Å². The van der Waals surface area contributed by atoms with Crippen molar-refractivity contribution in [2.75, 3.05) is 38.5 Å².